The summed E-state index contributed by atoms with van der Waals surface area (Å²) in [5.41, 5.74) is 0.769. The second-order valence-electron chi connectivity index (χ2n) is 4.55. The van der Waals surface area contributed by atoms with Crippen LogP contribution < -0.4 is 10.6 Å². The van der Waals surface area contributed by atoms with Gasteiger partial charge in [-0.1, -0.05) is 19.8 Å². The summed E-state index contributed by atoms with van der Waals surface area (Å²) in [6.07, 6.45) is 3.35. The number of benzene rings is 1. The largest absolute Gasteiger partial charge is 0.355 e. The maximum Gasteiger partial charge on any atom is 0.230 e. The standard InChI is InChI=1S/C15H22N2O2S/c1-3-4-5-10-16-15(19)11-20-14-8-6-13(7-9-14)17-12(2)18/h6-9H,3-5,10-11H2,1-2H3,(H,16,19)(H,17,18). The first-order chi connectivity index (χ1) is 9.61. The highest BCUT2D eigenvalue weighted by molar-refractivity contribution is 8.00. The quantitative estimate of drug-likeness (QED) is 0.572. The van der Waals surface area contributed by atoms with E-state index >= 15 is 0 Å². The fourth-order valence-corrected chi connectivity index (χ4v) is 2.37. The molecule has 4 nitrogen and oxygen atoms in total. The molecule has 1 aromatic rings. The molecule has 20 heavy (non-hydrogen) atoms. The molecule has 5 heteroatoms. The summed E-state index contributed by atoms with van der Waals surface area (Å²) in [5, 5.41) is 5.62. The van der Waals surface area contributed by atoms with Crippen LogP contribution in [-0.4, -0.2) is 24.1 Å². The van der Waals surface area contributed by atoms with Crippen LogP contribution in [0.5, 0.6) is 0 Å². The van der Waals surface area contributed by atoms with E-state index in [4.69, 9.17) is 0 Å². The van der Waals surface area contributed by atoms with Crippen LogP contribution in [0.25, 0.3) is 0 Å². The molecule has 0 atom stereocenters. The van der Waals surface area contributed by atoms with E-state index in [1.807, 2.05) is 24.3 Å². The molecule has 0 aromatic heterocycles. The first-order valence-electron chi connectivity index (χ1n) is 6.89. The maximum absolute atomic E-state index is 11.6. The first-order valence-corrected chi connectivity index (χ1v) is 7.87. The molecule has 0 spiro atoms. The van der Waals surface area contributed by atoms with Crippen LogP contribution in [-0.2, 0) is 9.59 Å². The molecule has 0 aliphatic carbocycles. The molecule has 0 radical (unpaired) electrons. The fourth-order valence-electron chi connectivity index (χ4n) is 1.64. The Balaban J connectivity index is 2.27. The highest BCUT2D eigenvalue weighted by atomic mass is 32.2. The van der Waals surface area contributed by atoms with E-state index in [1.165, 1.54) is 18.7 Å². The summed E-state index contributed by atoms with van der Waals surface area (Å²) < 4.78 is 0. The van der Waals surface area contributed by atoms with Gasteiger partial charge in [-0.2, -0.15) is 0 Å². The van der Waals surface area contributed by atoms with Crippen LogP contribution in [0.4, 0.5) is 5.69 Å². The molecule has 1 aromatic carbocycles. The minimum Gasteiger partial charge on any atom is -0.355 e. The number of hydrogen-bond acceptors (Lipinski definition) is 3. The zero-order valence-corrected chi connectivity index (χ0v) is 12.9. The van der Waals surface area contributed by atoms with Gasteiger partial charge in [0, 0.05) is 24.1 Å². The van der Waals surface area contributed by atoms with Crippen molar-refractivity contribution in [2.75, 3.05) is 17.6 Å². The highest BCUT2D eigenvalue weighted by Crippen LogP contribution is 2.20. The number of carbonyl (C=O) groups is 2. The van der Waals surface area contributed by atoms with Crippen LogP contribution in [0.3, 0.4) is 0 Å². The molecule has 110 valence electrons. The van der Waals surface area contributed by atoms with Crippen LogP contribution in [0.1, 0.15) is 33.1 Å². The van der Waals surface area contributed by atoms with Crippen molar-refractivity contribution < 1.29 is 9.59 Å². The summed E-state index contributed by atoms with van der Waals surface area (Å²) >= 11 is 1.50. The van der Waals surface area contributed by atoms with E-state index in [0.717, 1.165) is 36.4 Å². The van der Waals surface area contributed by atoms with Gasteiger partial charge in [0.1, 0.15) is 0 Å². The van der Waals surface area contributed by atoms with Gasteiger partial charge < -0.3 is 10.6 Å². The number of thioether (sulfide) groups is 1. The van der Waals surface area contributed by atoms with Crippen molar-refractivity contribution in [3.05, 3.63) is 24.3 Å². The molecule has 0 saturated carbocycles. The number of anilines is 1. The summed E-state index contributed by atoms with van der Waals surface area (Å²) in [6, 6.07) is 7.48. The van der Waals surface area contributed by atoms with Crippen molar-refractivity contribution in [2.45, 2.75) is 38.0 Å². The number of hydrogen-bond donors (Lipinski definition) is 2. The Labute approximate surface area is 124 Å². The number of amides is 2. The van der Waals surface area contributed by atoms with Crippen molar-refractivity contribution in [3.63, 3.8) is 0 Å². The Morgan fingerprint density at radius 2 is 1.85 bits per heavy atom. The predicted octanol–water partition coefficient (Wildman–Crippen LogP) is 3.04. The predicted molar refractivity (Wildman–Crippen MR) is 84.0 cm³/mol. The van der Waals surface area contributed by atoms with Crippen LogP contribution in [0.15, 0.2) is 29.2 Å². The highest BCUT2D eigenvalue weighted by Gasteiger charge is 2.02. The normalized spacial score (nSPS) is 10.1. The third kappa shape index (κ3) is 7.19. The molecule has 1 rings (SSSR count). The van der Waals surface area contributed by atoms with Gasteiger partial charge in [-0.25, -0.2) is 0 Å². The minimum absolute atomic E-state index is 0.0667. The van der Waals surface area contributed by atoms with Crippen molar-refractivity contribution in [1.82, 2.24) is 5.32 Å². The topological polar surface area (TPSA) is 58.2 Å². The number of rotatable bonds is 8. The van der Waals surface area contributed by atoms with Gasteiger partial charge in [-0.05, 0) is 30.7 Å². The van der Waals surface area contributed by atoms with Crippen molar-refractivity contribution in [3.8, 4) is 0 Å². The van der Waals surface area contributed by atoms with E-state index in [2.05, 4.69) is 17.6 Å². The number of carbonyl (C=O) groups excluding carboxylic acids is 2. The number of unbranched alkanes of at least 4 members (excludes halogenated alkanes) is 2. The molecule has 0 fully saturated rings. The lowest BCUT2D eigenvalue weighted by Gasteiger charge is -2.06. The molecule has 0 heterocycles. The molecule has 0 aliphatic heterocycles. The van der Waals surface area contributed by atoms with Gasteiger partial charge in [0.2, 0.25) is 11.8 Å². The Hall–Kier alpha value is -1.49. The molecule has 0 unspecified atom stereocenters. The van der Waals surface area contributed by atoms with Gasteiger partial charge in [0.25, 0.3) is 0 Å². The molecule has 0 bridgehead atoms. The monoisotopic (exact) mass is 294 g/mol. The molecule has 0 aliphatic rings. The van der Waals surface area contributed by atoms with Crippen molar-refractivity contribution in [2.24, 2.45) is 0 Å². The van der Waals surface area contributed by atoms with Crippen LogP contribution in [0, 0.1) is 0 Å². The van der Waals surface area contributed by atoms with E-state index in [1.54, 1.807) is 0 Å². The lowest BCUT2D eigenvalue weighted by atomic mass is 10.2. The second-order valence-corrected chi connectivity index (χ2v) is 5.60. The van der Waals surface area contributed by atoms with Crippen molar-refractivity contribution in [1.29, 1.82) is 0 Å². The molecule has 2 N–H and O–H groups in total. The fraction of sp³-hybridized carbons (Fsp3) is 0.467. The molecule has 0 saturated heterocycles. The average molecular weight is 294 g/mol. The summed E-state index contributed by atoms with van der Waals surface area (Å²) in [7, 11) is 0. The van der Waals surface area contributed by atoms with Crippen LogP contribution in [0.2, 0.25) is 0 Å². The van der Waals surface area contributed by atoms with Crippen LogP contribution >= 0.6 is 11.8 Å². The third-order valence-electron chi connectivity index (χ3n) is 2.65. The van der Waals surface area contributed by atoms with Gasteiger partial charge in [0.05, 0.1) is 5.75 Å². The zero-order valence-electron chi connectivity index (χ0n) is 12.1. The third-order valence-corrected chi connectivity index (χ3v) is 3.66. The number of nitrogens with one attached hydrogen (secondary N) is 2. The Bertz CT molecular complexity index is 432. The maximum atomic E-state index is 11.6. The molecule has 2 amide bonds. The van der Waals surface area contributed by atoms with Gasteiger partial charge in [0.15, 0.2) is 0 Å². The lowest BCUT2D eigenvalue weighted by Crippen LogP contribution is -2.26. The molecular weight excluding hydrogens is 272 g/mol. The van der Waals surface area contributed by atoms with Crippen molar-refractivity contribution >= 4 is 29.3 Å². The Kier molecular flexibility index (Phi) is 7.80. The average Bonchev–Trinajstić information content (AvgIpc) is 2.42. The lowest BCUT2D eigenvalue weighted by molar-refractivity contribution is -0.118. The van der Waals surface area contributed by atoms with E-state index < -0.39 is 0 Å². The van der Waals surface area contributed by atoms with Gasteiger partial charge >= 0.3 is 0 Å². The summed E-state index contributed by atoms with van der Waals surface area (Å²) in [4.78, 5) is 23.5. The first kappa shape index (κ1) is 16.6. The van der Waals surface area contributed by atoms with E-state index in [9.17, 15) is 9.59 Å². The van der Waals surface area contributed by atoms with Gasteiger partial charge in [-0.15, -0.1) is 11.8 Å². The SMILES string of the molecule is CCCCCNC(=O)CSc1ccc(NC(C)=O)cc1. The molecular formula is C15H22N2O2S. The Morgan fingerprint density at radius 3 is 2.45 bits per heavy atom. The second kappa shape index (κ2) is 9.42. The summed E-state index contributed by atoms with van der Waals surface area (Å²) in [5.74, 6) is 0.403. The smallest absolute Gasteiger partial charge is 0.230 e. The zero-order chi connectivity index (χ0) is 14.8. The van der Waals surface area contributed by atoms with Gasteiger partial charge in [-0.3, -0.25) is 9.59 Å². The minimum atomic E-state index is -0.0862. The van der Waals surface area contributed by atoms with E-state index in [0.29, 0.717) is 5.75 Å². The van der Waals surface area contributed by atoms with E-state index in [-0.39, 0.29) is 11.8 Å². The Morgan fingerprint density at radius 1 is 1.15 bits per heavy atom. The summed E-state index contributed by atoms with van der Waals surface area (Å²) in [6.45, 7) is 4.38.